The molecule has 0 aliphatic carbocycles. The summed E-state index contributed by atoms with van der Waals surface area (Å²) >= 11 is 0. The van der Waals surface area contributed by atoms with Gasteiger partial charge in [0.25, 0.3) is 0 Å². The van der Waals surface area contributed by atoms with Gasteiger partial charge in [0.05, 0.1) is 0 Å². The Bertz CT molecular complexity index is 155. The predicted molar refractivity (Wildman–Crippen MR) is 48.0 cm³/mol. The molecule has 2 heteroatoms. The van der Waals surface area contributed by atoms with Crippen molar-refractivity contribution in [1.29, 1.82) is 0 Å². The van der Waals surface area contributed by atoms with Crippen molar-refractivity contribution in [3.63, 3.8) is 0 Å². The van der Waals surface area contributed by atoms with Gasteiger partial charge in [-0.25, -0.2) is 0 Å². The summed E-state index contributed by atoms with van der Waals surface area (Å²) < 4.78 is 5.30. The van der Waals surface area contributed by atoms with Crippen molar-refractivity contribution in [3.8, 4) is 0 Å². The molecule has 0 aromatic rings. The molecule has 1 aliphatic rings. The molecule has 0 aromatic carbocycles. The summed E-state index contributed by atoms with van der Waals surface area (Å²) in [6, 6.07) is 0. The van der Waals surface area contributed by atoms with Crippen molar-refractivity contribution in [2.45, 2.75) is 25.7 Å². The van der Waals surface area contributed by atoms with Gasteiger partial charge in [-0.2, -0.15) is 0 Å². The molecule has 1 unspecified atom stereocenters. The third-order valence-electron chi connectivity index (χ3n) is 2.51. The van der Waals surface area contributed by atoms with Crippen LogP contribution in [0.1, 0.15) is 25.7 Å². The molecule has 1 aliphatic heterocycles. The quantitative estimate of drug-likeness (QED) is 0.475. The Labute approximate surface area is 73.6 Å². The second kappa shape index (κ2) is 4.41. The van der Waals surface area contributed by atoms with Crippen LogP contribution in [-0.4, -0.2) is 19.5 Å². The molecule has 0 amide bonds. The van der Waals surface area contributed by atoms with E-state index in [0.717, 1.165) is 38.6 Å². The van der Waals surface area contributed by atoms with E-state index in [1.54, 1.807) is 0 Å². The molecular formula is C10H16O2. The van der Waals surface area contributed by atoms with Crippen molar-refractivity contribution in [2.24, 2.45) is 5.41 Å². The fraction of sp³-hybridized carbons (Fsp3) is 0.700. The molecule has 0 bridgehead atoms. The van der Waals surface area contributed by atoms with Gasteiger partial charge < -0.3 is 9.53 Å². The SMILES string of the molecule is C=CCC1(C=O)CCCOCC1. The highest BCUT2D eigenvalue weighted by Gasteiger charge is 2.29. The van der Waals surface area contributed by atoms with Crippen molar-refractivity contribution in [3.05, 3.63) is 12.7 Å². The molecule has 68 valence electrons. The molecule has 0 spiro atoms. The van der Waals surface area contributed by atoms with Crippen molar-refractivity contribution < 1.29 is 9.53 Å². The van der Waals surface area contributed by atoms with Gasteiger partial charge in [-0.1, -0.05) is 6.08 Å². The van der Waals surface area contributed by atoms with E-state index in [9.17, 15) is 4.79 Å². The smallest absolute Gasteiger partial charge is 0.126 e. The molecular weight excluding hydrogens is 152 g/mol. The molecule has 1 fully saturated rings. The molecule has 0 radical (unpaired) electrons. The average molecular weight is 168 g/mol. The molecule has 1 atom stereocenters. The first kappa shape index (κ1) is 9.46. The van der Waals surface area contributed by atoms with Crippen LogP contribution < -0.4 is 0 Å². The van der Waals surface area contributed by atoms with E-state index in [1.807, 2.05) is 6.08 Å². The highest BCUT2D eigenvalue weighted by atomic mass is 16.5. The normalized spacial score (nSPS) is 30.7. The first-order valence-electron chi connectivity index (χ1n) is 4.48. The maximum Gasteiger partial charge on any atom is 0.126 e. The van der Waals surface area contributed by atoms with E-state index in [4.69, 9.17) is 4.74 Å². The standard InChI is InChI=1S/C10H16O2/c1-2-4-10(9-11)5-3-7-12-8-6-10/h2,9H,1,3-8H2. The zero-order chi connectivity index (χ0) is 8.86. The summed E-state index contributed by atoms with van der Waals surface area (Å²) in [5, 5.41) is 0. The number of aldehydes is 1. The van der Waals surface area contributed by atoms with Gasteiger partial charge in [0.15, 0.2) is 0 Å². The Morgan fingerprint density at radius 3 is 2.92 bits per heavy atom. The number of ether oxygens (including phenoxy) is 1. The highest BCUT2D eigenvalue weighted by Crippen LogP contribution is 2.32. The lowest BCUT2D eigenvalue weighted by molar-refractivity contribution is -0.116. The Kier molecular flexibility index (Phi) is 3.48. The number of rotatable bonds is 3. The Morgan fingerprint density at radius 2 is 2.25 bits per heavy atom. The molecule has 0 aromatic heterocycles. The van der Waals surface area contributed by atoms with Crippen LogP contribution >= 0.6 is 0 Å². The topological polar surface area (TPSA) is 26.3 Å². The number of hydrogen-bond acceptors (Lipinski definition) is 2. The highest BCUT2D eigenvalue weighted by molar-refractivity contribution is 5.59. The third kappa shape index (κ3) is 2.18. The lowest BCUT2D eigenvalue weighted by atomic mass is 9.79. The average Bonchev–Trinajstić information content (AvgIpc) is 2.32. The minimum atomic E-state index is -0.168. The van der Waals surface area contributed by atoms with Gasteiger partial charge in [-0.3, -0.25) is 0 Å². The van der Waals surface area contributed by atoms with E-state index in [-0.39, 0.29) is 5.41 Å². The fourth-order valence-corrected chi connectivity index (χ4v) is 1.69. The third-order valence-corrected chi connectivity index (χ3v) is 2.51. The number of allylic oxidation sites excluding steroid dienone is 1. The van der Waals surface area contributed by atoms with E-state index < -0.39 is 0 Å². The molecule has 1 rings (SSSR count). The molecule has 2 nitrogen and oxygen atoms in total. The first-order chi connectivity index (χ1) is 5.83. The zero-order valence-corrected chi connectivity index (χ0v) is 7.42. The molecule has 1 saturated heterocycles. The minimum absolute atomic E-state index is 0.168. The van der Waals surface area contributed by atoms with Gasteiger partial charge in [0.1, 0.15) is 6.29 Å². The van der Waals surface area contributed by atoms with Crippen molar-refractivity contribution in [1.82, 2.24) is 0 Å². The van der Waals surface area contributed by atoms with Gasteiger partial charge in [-0.05, 0) is 25.7 Å². The maximum atomic E-state index is 10.9. The van der Waals surface area contributed by atoms with Crippen molar-refractivity contribution in [2.75, 3.05) is 13.2 Å². The lowest BCUT2D eigenvalue weighted by Gasteiger charge is -2.23. The summed E-state index contributed by atoms with van der Waals surface area (Å²) in [5.74, 6) is 0. The summed E-state index contributed by atoms with van der Waals surface area (Å²) in [6.07, 6.45) is 6.50. The fourth-order valence-electron chi connectivity index (χ4n) is 1.69. The number of carbonyl (C=O) groups excluding carboxylic acids is 1. The van der Waals surface area contributed by atoms with Crippen LogP contribution in [0.15, 0.2) is 12.7 Å². The number of carbonyl (C=O) groups is 1. The van der Waals surface area contributed by atoms with Crippen LogP contribution in [-0.2, 0) is 9.53 Å². The second-order valence-electron chi connectivity index (χ2n) is 3.44. The lowest BCUT2D eigenvalue weighted by Crippen LogP contribution is -2.22. The zero-order valence-electron chi connectivity index (χ0n) is 7.42. The van der Waals surface area contributed by atoms with E-state index >= 15 is 0 Å². The predicted octanol–water partition coefficient (Wildman–Crippen LogP) is 1.95. The summed E-state index contributed by atoms with van der Waals surface area (Å²) in [6.45, 7) is 5.19. The van der Waals surface area contributed by atoms with Crippen LogP contribution in [0.4, 0.5) is 0 Å². The summed E-state index contributed by atoms with van der Waals surface area (Å²) in [5.41, 5.74) is -0.168. The summed E-state index contributed by atoms with van der Waals surface area (Å²) in [4.78, 5) is 10.9. The summed E-state index contributed by atoms with van der Waals surface area (Å²) in [7, 11) is 0. The van der Waals surface area contributed by atoms with Gasteiger partial charge in [0.2, 0.25) is 0 Å². The van der Waals surface area contributed by atoms with Crippen LogP contribution in [0.2, 0.25) is 0 Å². The van der Waals surface area contributed by atoms with Gasteiger partial charge >= 0.3 is 0 Å². The van der Waals surface area contributed by atoms with Crippen molar-refractivity contribution >= 4 is 6.29 Å². The van der Waals surface area contributed by atoms with Crippen LogP contribution in [0, 0.1) is 5.41 Å². The molecule has 0 saturated carbocycles. The van der Waals surface area contributed by atoms with E-state index in [1.165, 1.54) is 0 Å². The largest absolute Gasteiger partial charge is 0.381 e. The number of hydrogen-bond donors (Lipinski definition) is 0. The van der Waals surface area contributed by atoms with Crippen LogP contribution in [0.5, 0.6) is 0 Å². The Hall–Kier alpha value is -0.630. The van der Waals surface area contributed by atoms with Gasteiger partial charge in [-0.15, -0.1) is 6.58 Å². The monoisotopic (exact) mass is 168 g/mol. The van der Waals surface area contributed by atoms with E-state index in [0.29, 0.717) is 6.61 Å². The molecule has 1 heterocycles. The minimum Gasteiger partial charge on any atom is -0.381 e. The van der Waals surface area contributed by atoms with E-state index in [2.05, 4.69) is 6.58 Å². The second-order valence-corrected chi connectivity index (χ2v) is 3.44. The van der Waals surface area contributed by atoms with Crippen LogP contribution in [0.3, 0.4) is 0 Å². The maximum absolute atomic E-state index is 10.9. The molecule has 12 heavy (non-hydrogen) atoms. The first-order valence-corrected chi connectivity index (χ1v) is 4.48. The Morgan fingerprint density at radius 1 is 1.42 bits per heavy atom. The van der Waals surface area contributed by atoms with Gasteiger partial charge in [0, 0.05) is 18.6 Å². The molecule has 0 N–H and O–H groups in total. The van der Waals surface area contributed by atoms with Crippen LogP contribution in [0.25, 0.3) is 0 Å². The Balaban J connectivity index is 2.60.